The monoisotopic (exact) mass is 128 g/mol. The van der Waals surface area contributed by atoms with E-state index in [9.17, 15) is 0 Å². The zero-order chi connectivity index (χ0) is 6.69. The Hall–Kier alpha value is -0.0800. The molecular weight excluding hydrogens is 112 g/mol. The van der Waals surface area contributed by atoms with Crippen molar-refractivity contribution in [2.75, 3.05) is 6.54 Å². The van der Waals surface area contributed by atoms with Crippen LogP contribution in [-0.4, -0.2) is 12.6 Å². The molecule has 0 aliphatic heterocycles. The van der Waals surface area contributed by atoms with E-state index in [0.717, 1.165) is 12.5 Å². The standard InChI is InChI=1S/C7H16N2/c8-5-6-1-3-7(9)4-2-6/h6-7H,1-5,8-9H2. The smallest absolute Gasteiger partial charge is 0.00390 e. The van der Waals surface area contributed by atoms with Gasteiger partial charge < -0.3 is 11.5 Å². The van der Waals surface area contributed by atoms with Crippen LogP contribution < -0.4 is 11.5 Å². The first-order valence-corrected chi connectivity index (χ1v) is 3.78. The van der Waals surface area contributed by atoms with Gasteiger partial charge in [-0.3, -0.25) is 0 Å². The Labute approximate surface area is 56.6 Å². The number of nitrogens with two attached hydrogens (primary N) is 2. The van der Waals surface area contributed by atoms with Crippen LogP contribution in [0, 0.1) is 5.92 Å². The van der Waals surface area contributed by atoms with Crippen molar-refractivity contribution in [2.45, 2.75) is 31.7 Å². The Kier molecular flexibility index (Phi) is 2.49. The Morgan fingerprint density at radius 3 is 2.11 bits per heavy atom. The summed E-state index contributed by atoms with van der Waals surface area (Å²) in [6.45, 7) is 0.854. The molecule has 1 saturated carbocycles. The second kappa shape index (κ2) is 3.18. The van der Waals surface area contributed by atoms with Gasteiger partial charge in [0, 0.05) is 6.04 Å². The first kappa shape index (κ1) is 7.03. The molecule has 0 bridgehead atoms. The lowest BCUT2D eigenvalue weighted by Crippen LogP contribution is -2.29. The SMILES string of the molecule is NCC1CCC(N)CC1. The van der Waals surface area contributed by atoms with Crippen LogP contribution in [0.4, 0.5) is 0 Å². The summed E-state index contributed by atoms with van der Waals surface area (Å²) in [4.78, 5) is 0. The molecule has 0 unspecified atom stereocenters. The maximum atomic E-state index is 5.71. The van der Waals surface area contributed by atoms with E-state index in [1.54, 1.807) is 0 Å². The number of rotatable bonds is 1. The second-order valence-corrected chi connectivity index (χ2v) is 3.02. The summed E-state index contributed by atoms with van der Waals surface area (Å²) in [7, 11) is 0. The molecule has 9 heavy (non-hydrogen) atoms. The fraction of sp³-hybridized carbons (Fsp3) is 1.00. The normalized spacial score (nSPS) is 36.7. The van der Waals surface area contributed by atoms with Gasteiger partial charge in [-0.05, 0) is 38.1 Å². The van der Waals surface area contributed by atoms with Gasteiger partial charge in [-0.1, -0.05) is 0 Å². The molecule has 0 radical (unpaired) electrons. The molecule has 0 aromatic heterocycles. The summed E-state index contributed by atoms with van der Waals surface area (Å²) >= 11 is 0. The van der Waals surface area contributed by atoms with Crippen LogP contribution in [0.25, 0.3) is 0 Å². The van der Waals surface area contributed by atoms with E-state index >= 15 is 0 Å². The molecule has 4 N–H and O–H groups in total. The summed E-state index contributed by atoms with van der Waals surface area (Å²) in [6, 6.07) is 0.466. The Balaban J connectivity index is 2.18. The van der Waals surface area contributed by atoms with E-state index in [4.69, 9.17) is 11.5 Å². The highest BCUT2D eigenvalue weighted by Gasteiger charge is 2.16. The van der Waals surface area contributed by atoms with Crippen molar-refractivity contribution in [2.24, 2.45) is 17.4 Å². The first-order valence-electron chi connectivity index (χ1n) is 3.78. The topological polar surface area (TPSA) is 52.0 Å². The molecule has 0 saturated heterocycles. The Morgan fingerprint density at radius 1 is 1.11 bits per heavy atom. The van der Waals surface area contributed by atoms with Gasteiger partial charge in [0.25, 0.3) is 0 Å². The van der Waals surface area contributed by atoms with Gasteiger partial charge in [0.1, 0.15) is 0 Å². The lowest BCUT2D eigenvalue weighted by molar-refractivity contribution is 0.333. The van der Waals surface area contributed by atoms with Gasteiger partial charge in [-0.25, -0.2) is 0 Å². The van der Waals surface area contributed by atoms with E-state index < -0.39 is 0 Å². The fourth-order valence-electron chi connectivity index (χ4n) is 1.42. The minimum atomic E-state index is 0.466. The van der Waals surface area contributed by atoms with E-state index in [1.165, 1.54) is 25.7 Å². The van der Waals surface area contributed by atoms with Gasteiger partial charge in [0.2, 0.25) is 0 Å². The Bertz CT molecular complexity index is 75.0. The van der Waals surface area contributed by atoms with Crippen molar-refractivity contribution in [3.05, 3.63) is 0 Å². The summed E-state index contributed by atoms with van der Waals surface area (Å²) < 4.78 is 0. The van der Waals surface area contributed by atoms with E-state index in [-0.39, 0.29) is 0 Å². The molecule has 2 heteroatoms. The van der Waals surface area contributed by atoms with Crippen LogP contribution in [-0.2, 0) is 0 Å². The highest BCUT2D eigenvalue weighted by molar-refractivity contribution is 4.74. The molecule has 0 aromatic rings. The highest BCUT2D eigenvalue weighted by atomic mass is 14.6. The van der Waals surface area contributed by atoms with Gasteiger partial charge in [0.05, 0.1) is 0 Å². The predicted molar refractivity (Wildman–Crippen MR) is 39.0 cm³/mol. The fourth-order valence-corrected chi connectivity index (χ4v) is 1.42. The molecule has 0 amide bonds. The molecule has 0 atom stereocenters. The van der Waals surface area contributed by atoms with Crippen molar-refractivity contribution in [1.82, 2.24) is 0 Å². The lowest BCUT2D eigenvalue weighted by atomic mass is 9.87. The van der Waals surface area contributed by atoms with E-state index in [1.807, 2.05) is 0 Å². The van der Waals surface area contributed by atoms with Crippen molar-refractivity contribution in [3.8, 4) is 0 Å². The lowest BCUT2D eigenvalue weighted by Gasteiger charge is -2.24. The molecule has 1 fully saturated rings. The minimum absolute atomic E-state index is 0.466. The number of hydrogen-bond donors (Lipinski definition) is 2. The third-order valence-corrected chi connectivity index (χ3v) is 2.22. The van der Waals surface area contributed by atoms with Crippen LogP contribution in [0.1, 0.15) is 25.7 Å². The maximum absolute atomic E-state index is 5.71. The first-order chi connectivity index (χ1) is 4.33. The van der Waals surface area contributed by atoms with Crippen molar-refractivity contribution in [1.29, 1.82) is 0 Å². The molecule has 1 aliphatic carbocycles. The summed E-state index contributed by atoms with van der Waals surface area (Å²) in [5.74, 6) is 0.768. The third kappa shape index (κ3) is 1.95. The maximum Gasteiger partial charge on any atom is 0.00390 e. The van der Waals surface area contributed by atoms with Crippen LogP contribution in [0.3, 0.4) is 0 Å². The average Bonchev–Trinajstić information content (AvgIpc) is 1.90. The zero-order valence-corrected chi connectivity index (χ0v) is 5.84. The molecule has 0 spiro atoms. The predicted octanol–water partition coefficient (Wildman–Crippen LogP) is 0.463. The third-order valence-electron chi connectivity index (χ3n) is 2.22. The van der Waals surface area contributed by atoms with Crippen LogP contribution >= 0.6 is 0 Å². The Morgan fingerprint density at radius 2 is 1.67 bits per heavy atom. The summed E-state index contributed by atoms with van der Waals surface area (Å²) in [5.41, 5.74) is 11.2. The molecule has 54 valence electrons. The minimum Gasteiger partial charge on any atom is -0.330 e. The van der Waals surface area contributed by atoms with Gasteiger partial charge in [0.15, 0.2) is 0 Å². The summed E-state index contributed by atoms with van der Waals surface area (Å²) in [6.07, 6.45) is 4.86. The van der Waals surface area contributed by atoms with Crippen LogP contribution in [0.15, 0.2) is 0 Å². The van der Waals surface area contributed by atoms with E-state index in [0.29, 0.717) is 6.04 Å². The molecular formula is C7H16N2. The molecule has 0 aromatic carbocycles. The highest BCUT2D eigenvalue weighted by Crippen LogP contribution is 2.21. The van der Waals surface area contributed by atoms with Gasteiger partial charge >= 0.3 is 0 Å². The molecule has 1 aliphatic rings. The molecule has 0 heterocycles. The molecule has 1 rings (SSSR count). The second-order valence-electron chi connectivity index (χ2n) is 3.02. The molecule has 2 nitrogen and oxygen atoms in total. The number of hydrogen-bond acceptors (Lipinski definition) is 2. The van der Waals surface area contributed by atoms with Crippen molar-refractivity contribution < 1.29 is 0 Å². The van der Waals surface area contributed by atoms with Gasteiger partial charge in [-0.2, -0.15) is 0 Å². The van der Waals surface area contributed by atoms with Gasteiger partial charge in [-0.15, -0.1) is 0 Å². The average molecular weight is 128 g/mol. The largest absolute Gasteiger partial charge is 0.330 e. The van der Waals surface area contributed by atoms with Crippen molar-refractivity contribution in [3.63, 3.8) is 0 Å². The van der Waals surface area contributed by atoms with Crippen LogP contribution in [0.2, 0.25) is 0 Å². The van der Waals surface area contributed by atoms with Crippen molar-refractivity contribution >= 4 is 0 Å². The zero-order valence-electron chi connectivity index (χ0n) is 5.84. The summed E-state index contributed by atoms with van der Waals surface area (Å²) in [5, 5.41) is 0. The van der Waals surface area contributed by atoms with E-state index in [2.05, 4.69) is 0 Å². The quantitative estimate of drug-likeness (QED) is 0.539. The van der Waals surface area contributed by atoms with Crippen LogP contribution in [0.5, 0.6) is 0 Å².